The zero-order chi connectivity index (χ0) is 15.8. The number of hydrogen-bond acceptors (Lipinski definition) is 4. The highest BCUT2D eigenvalue weighted by molar-refractivity contribution is 5.80. The molecule has 0 aromatic heterocycles. The summed E-state index contributed by atoms with van der Waals surface area (Å²) in [6.07, 6.45) is 4.32. The number of unbranched alkanes of at least 4 members (excludes halogenated alkanes) is 3. The number of aliphatic carboxylic acids is 1. The Morgan fingerprint density at radius 1 is 1.32 bits per heavy atom. The lowest BCUT2D eigenvalue weighted by molar-refractivity contribution is -0.143. The summed E-state index contributed by atoms with van der Waals surface area (Å²) in [6.45, 7) is 0.957. The molecule has 1 aliphatic rings. The highest BCUT2D eigenvalue weighted by Crippen LogP contribution is 2.33. The maximum atomic E-state index is 10.9. The van der Waals surface area contributed by atoms with Crippen molar-refractivity contribution in [1.82, 2.24) is 0 Å². The highest BCUT2D eigenvalue weighted by atomic mass is 16.6. The van der Waals surface area contributed by atoms with Gasteiger partial charge in [-0.3, -0.25) is 0 Å². The molecule has 1 aliphatic heterocycles. The van der Waals surface area contributed by atoms with Crippen molar-refractivity contribution in [2.24, 2.45) is 5.11 Å². The Labute approximate surface area is 128 Å². The molecule has 0 spiro atoms. The van der Waals surface area contributed by atoms with Gasteiger partial charge in [-0.25, -0.2) is 4.79 Å². The standard InChI is InChI=1S/C15H19N3O4/c16-18-17-12-5-7-13(8-6-12)21-10-4-2-1-3-9-15(11-22-15)14(19)20/h5-8H,1-4,9-11H2,(H,19,20). The van der Waals surface area contributed by atoms with E-state index in [0.717, 1.165) is 31.4 Å². The van der Waals surface area contributed by atoms with Gasteiger partial charge in [0.2, 0.25) is 0 Å². The smallest absolute Gasteiger partial charge is 0.338 e. The van der Waals surface area contributed by atoms with Crippen LogP contribution in [0.3, 0.4) is 0 Å². The molecule has 118 valence electrons. The molecule has 1 fully saturated rings. The van der Waals surface area contributed by atoms with E-state index in [1.807, 2.05) is 0 Å². The highest BCUT2D eigenvalue weighted by Gasteiger charge is 2.51. The normalized spacial score (nSPS) is 19.3. The number of benzene rings is 1. The minimum atomic E-state index is -0.885. The molecular formula is C15H19N3O4. The molecule has 0 aliphatic carbocycles. The fraction of sp³-hybridized carbons (Fsp3) is 0.533. The molecular weight excluding hydrogens is 286 g/mol. The molecule has 1 atom stereocenters. The number of azide groups is 1. The van der Waals surface area contributed by atoms with E-state index in [1.54, 1.807) is 24.3 Å². The van der Waals surface area contributed by atoms with Crippen LogP contribution in [0.1, 0.15) is 32.1 Å². The Morgan fingerprint density at radius 2 is 2.00 bits per heavy atom. The van der Waals surface area contributed by atoms with Gasteiger partial charge in [0.15, 0.2) is 5.60 Å². The van der Waals surface area contributed by atoms with Crippen LogP contribution in [0.5, 0.6) is 5.75 Å². The second kappa shape index (κ2) is 7.68. The number of epoxide rings is 1. The zero-order valence-electron chi connectivity index (χ0n) is 12.3. The third kappa shape index (κ3) is 4.65. The van der Waals surface area contributed by atoms with Crippen molar-refractivity contribution in [3.05, 3.63) is 34.7 Å². The molecule has 22 heavy (non-hydrogen) atoms. The summed E-state index contributed by atoms with van der Waals surface area (Å²) < 4.78 is 10.6. The van der Waals surface area contributed by atoms with E-state index in [0.29, 0.717) is 25.3 Å². The monoisotopic (exact) mass is 305 g/mol. The van der Waals surface area contributed by atoms with Gasteiger partial charge in [-0.05, 0) is 49.1 Å². The summed E-state index contributed by atoms with van der Waals surface area (Å²) in [4.78, 5) is 13.6. The van der Waals surface area contributed by atoms with Gasteiger partial charge >= 0.3 is 5.97 Å². The number of carboxylic acid groups (broad SMARTS) is 1. The van der Waals surface area contributed by atoms with E-state index >= 15 is 0 Å². The average Bonchev–Trinajstić information content (AvgIpc) is 3.29. The van der Waals surface area contributed by atoms with Crippen molar-refractivity contribution in [2.45, 2.75) is 37.7 Å². The van der Waals surface area contributed by atoms with Crippen molar-refractivity contribution >= 4 is 11.7 Å². The number of carboxylic acids is 1. The lowest BCUT2D eigenvalue weighted by Crippen LogP contribution is -2.23. The van der Waals surface area contributed by atoms with Crippen molar-refractivity contribution in [3.8, 4) is 5.75 Å². The Bertz CT molecular complexity index is 548. The van der Waals surface area contributed by atoms with Crippen LogP contribution >= 0.6 is 0 Å². The van der Waals surface area contributed by atoms with Crippen LogP contribution in [0, 0.1) is 0 Å². The van der Waals surface area contributed by atoms with E-state index in [-0.39, 0.29) is 0 Å². The topological polar surface area (TPSA) is 108 Å². The molecule has 1 aromatic rings. The summed E-state index contributed by atoms with van der Waals surface area (Å²) >= 11 is 0. The molecule has 1 N–H and O–H groups in total. The molecule has 1 heterocycles. The maximum absolute atomic E-state index is 10.9. The Morgan fingerprint density at radius 3 is 2.59 bits per heavy atom. The number of rotatable bonds is 10. The molecule has 1 aromatic carbocycles. The predicted molar refractivity (Wildman–Crippen MR) is 80.1 cm³/mol. The van der Waals surface area contributed by atoms with Gasteiger partial charge in [0.25, 0.3) is 0 Å². The van der Waals surface area contributed by atoms with Gasteiger partial charge in [-0.2, -0.15) is 0 Å². The summed E-state index contributed by atoms with van der Waals surface area (Å²) in [5, 5.41) is 12.4. The third-order valence-corrected chi connectivity index (χ3v) is 3.62. The van der Waals surface area contributed by atoms with E-state index < -0.39 is 11.6 Å². The van der Waals surface area contributed by atoms with Gasteiger partial charge in [0.05, 0.1) is 13.2 Å². The van der Waals surface area contributed by atoms with E-state index in [9.17, 15) is 4.79 Å². The molecule has 1 saturated heterocycles. The van der Waals surface area contributed by atoms with Crippen LogP contribution in [0.25, 0.3) is 10.4 Å². The Balaban J connectivity index is 1.54. The average molecular weight is 305 g/mol. The molecule has 7 heteroatoms. The minimum Gasteiger partial charge on any atom is -0.494 e. The summed E-state index contributed by atoms with van der Waals surface area (Å²) in [5.74, 6) is -0.104. The van der Waals surface area contributed by atoms with Crippen LogP contribution in [0.2, 0.25) is 0 Å². The molecule has 0 radical (unpaired) electrons. The van der Waals surface area contributed by atoms with Gasteiger partial charge in [-0.15, -0.1) is 0 Å². The zero-order valence-corrected chi connectivity index (χ0v) is 12.3. The first kappa shape index (κ1) is 16.1. The number of nitrogens with zero attached hydrogens (tertiary/aromatic N) is 3. The summed E-state index contributed by atoms with van der Waals surface area (Å²) in [7, 11) is 0. The first-order chi connectivity index (χ1) is 10.7. The second-order valence-electron chi connectivity index (χ2n) is 5.28. The number of carbonyl (C=O) groups is 1. The van der Waals surface area contributed by atoms with Crippen molar-refractivity contribution in [2.75, 3.05) is 13.2 Å². The van der Waals surface area contributed by atoms with Crippen LogP contribution in [-0.4, -0.2) is 29.9 Å². The van der Waals surface area contributed by atoms with E-state index in [2.05, 4.69) is 10.0 Å². The predicted octanol–water partition coefficient (Wildman–Crippen LogP) is 3.81. The summed E-state index contributed by atoms with van der Waals surface area (Å²) in [5.41, 5.74) is 7.98. The molecule has 0 amide bonds. The van der Waals surface area contributed by atoms with Gasteiger partial charge < -0.3 is 14.6 Å². The fourth-order valence-corrected chi connectivity index (χ4v) is 2.18. The van der Waals surface area contributed by atoms with Crippen LogP contribution < -0.4 is 4.74 Å². The van der Waals surface area contributed by atoms with Crippen molar-refractivity contribution < 1.29 is 19.4 Å². The van der Waals surface area contributed by atoms with Crippen LogP contribution in [0.15, 0.2) is 29.4 Å². The first-order valence-corrected chi connectivity index (χ1v) is 7.32. The fourth-order valence-electron chi connectivity index (χ4n) is 2.18. The molecule has 7 nitrogen and oxygen atoms in total. The lowest BCUT2D eigenvalue weighted by Gasteiger charge is -2.07. The minimum absolute atomic E-state index is 0.345. The van der Waals surface area contributed by atoms with Crippen molar-refractivity contribution in [1.29, 1.82) is 0 Å². The lowest BCUT2D eigenvalue weighted by atomic mass is 10.0. The van der Waals surface area contributed by atoms with Gasteiger partial charge in [0, 0.05) is 10.6 Å². The third-order valence-electron chi connectivity index (χ3n) is 3.62. The maximum Gasteiger partial charge on any atom is 0.338 e. The largest absolute Gasteiger partial charge is 0.494 e. The second-order valence-corrected chi connectivity index (χ2v) is 5.28. The van der Waals surface area contributed by atoms with Crippen molar-refractivity contribution in [3.63, 3.8) is 0 Å². The van der Waals surface area contributed by atoms with Gasteiger partial charge in [-0.1, -0.05) is 18.0 Å². The Hall–Kier alpha value is -2.24. The summed E-state index contributed by atoms with van der Waals surface area (Å²) in [6, 6.07) is 6.95. The van der Waals surface area contributed by atoms with Gasteiger partial charge in [0.1, 0.15) is 5.75 Å². The molecule has 1 unspecified atom stereocenters. The number of hydrogen-bond donors (Lipinski definition) is 1. The number of ether oxygens (including phenoxy) is 2. The first-order valence-electron chi connectivity index (χ1n) is 7.32. The Kier molecular flexibility index (Phi) is 5.63. The molecule has 2 rings (SSSR count). The molecule has 0 bridgehead atoms. The van der Waals surface area contributed by atoms with Crippen LogP contribution in [-0.2, 0) is 9.53 Å². The van der Waals surface area contributed by atoms with E-state index in [4.69, 9.17) is 20.1 Å². The SMILES string of the molecule is [N-]=[N+]=Nc1ccc(OCCCCCCC2(C(=O)O)CO2)cc1. The molecule has 0 saturated carbocycles. The van der Waals surface area contributed by atoms with Crippen LogP contribution in [0.4, 0.5) is 5.69 Å². The van der Waals surface area contributed by atoms with E-state index in [1.165, 1.54) is 0 Å². The quantitative estimate of drug-likeness (QED) is 0.233.